The van der Waals surface area contributed by atoms with E-state index in [0.717, 1.165) is 33.5 Å². The minimum atomic E-state index is 0.831. The maximum absolute atomic E-state index is 4.78. The lowest BCUT2D eigenvalue weighted by Gasteiger charge is -2.05. The molecule has 0 aliphatic heterocycles. The lowest BCUT2D eigenvalue weighted by Crippen LogP contribution is -1.86. The summed E-state index contributed by atoms with van der Waals surface area (Å²) in [6.45, 7) is 2.09. The minimum Gasteiger partial charge on any atom is -0.338 e. The topological polar surface area (TPSA) is 54.5 Å². The van der Waals surface area contributed by atoms with Gasteiger partial charge in [-0.15, -0.1) is 0 Å². The van der Waals surface area contributed by atoms with Crippen LogP contribution in [0.15, 0.2) is 61.2 Å². The number of aromatic amines is 1. The molecule has 0 spiro atoms. The molecular weight excluding hydrogens is 272 g/mol. The number of para-hydroxylation sites is 1. The quantitative estimate of drug-likeness (QED) is 0.606. The van der Waals surface area contributed by atoms with Gasteiger partial charge >= 0.3 is 0 Å². The third-order valence-corrected chi connectivity index (χ3v) is 3.78. The first-order valence-electron chi connectivity index (χ1n) is 7.13. The number of hydrogen-bond donors (Lipinski definition) is 1. The van der Waals surface area contributed by atoms with Crippen LogP contribution in [0.4, 0.5) is 0 Å². The second-order valence-corrected chi connectivity index (χ2v) is 5.22. The molecule has 4 nitrogen and oxygen atoms in total. The molecule has 4 heteroatoms. The van der Waals surface area contributed by atoms with Gasteiger partial charge in [-0.25, -0.2) is 4.98 Å². The molecule has 4 rings (SSSR count). The van der Waals surface area contributed by atoms with Crippen LogP contribution < -0.4 is 0 Å². The second kappa shape index (κ2) is 5.07. The first-order valence-corrected chi connectivity index (χ1v) is 7.13. The summed E-state index contributed by atoms with van der Waals surface area (Å²) in [7, 11) is 0. The normalized spacial score (nSPS) is 11.0. The summed E-state index contributed by atoms with van der Waals surface area (Å²) in [5, 5.41) is 0. The summed E-state index contributed by atoms with van der Waals surface area (Å²) in [6.07, 6.45) is 7.27. The van der Waals surface area contributed by atoms with Crippen molar-refractivity contribution in [2.75, 3.05) is 0 Å². The van der Waals surface area contributed by atoms with E-state index < -0.39 is 0 Å². The molecule has 0 aliphatic rings. The molecule has 106 valence electrons. The number of fused-ring (bicyclic) bond motifs is 1. The fourth-order valence-corrected chi connectivity index (χ4v) is 2.64. The van der Waals surface area contributed by atoms with Gasteiger partial charge in [-0.2, -0.15) is 0 Å². The Morgan fingerprint density at radius 2 is 1.77 bits per heavy atom. The second-order valence-electron chi connectivity index (χ2n) is 5.22. The van der Waals surface area contributed by atoms with Crippen LogP contribution in [-0.2, 0) is 0 Å². The third kappa shape index (κ3) is 2.05. The Bertz CT molecular complexity index is 942. The van der Waals surface area contributed by atoms with Crippen LogP contribution in [0.1, 0.15) is 5.56 Å². The molecule has 0 atom stereocenters. The van der Waals surface area contributed by atoms with Gasteiger partial charge in [-0.3, -0.25) is 9.97 Å². The predicted octanol–water partition coefficient (Wildman–Crippen LogP) is 4.00. The average molecular weight is 286 g/mol. The van der Waals surface area contributed by atoms with E-state index in [1.54, 1.807) is 6.20 Å². The van der Waals surface area contributed by atoms with Gasteiger partial charge in [0.2, 0.25) is 0 Å². The highest BCUT2D eigenvalue weighted by atomic mass is 14.9. The van der Waals surface area contributed by atoms with Crippen LogP contribution in [0.2, 0.25) is 0 Å². The number of rotatable bonds is 2. The van der Waals surface area contributed by atoms with Crippen molar-refractivity contribution in [3.8, 4) is 22.5 Å². The minimum absolute atomic E-state index is 0.831. The van der Waals surface area contributed by atoms with Crippen LogP contribution in [0, 0.1) is 6.92 Å². The number of nitrogens with one attached hydrogen (secondary N) is 1. The number of benzene rings is 1. The molecule has 0 unspecified atom stereocenters. The molecular formula is C18H14N4. The van der Waals surface area contributed by atoms with Crippen molar-refractivity contribution in [3.63, 3.8) is 0 Å². The van der Waals surface area contributed by atoms with Gasteiger partial charge in [0.05, 0.1) is 11.0 Å². The molecule has 0 bridgehead atoms. The van der Waals surface area contributed by atoms with Crippen molar-refractivity contribution in [2.45, 2.75) is 6.92 Å². The van der Waals surface area contributed by atoms with Crippen LogP contribution in [0.3, 0.4) is 0 Å². The summed E-state index contributed by atoms with van der Waals surface area (Å²) in [5.41, 5.74) is 6.34. The number of H-pyrrole nitrogens is 1. The Morgan fingerprint density at radius 3 is 2.59 bits per heavy atom. The van der Waals surface area contributed by atoms with Crippen molar-refractivity contribution in [1.29, 1.82) is 0 Å². The highest BCUT2D eigenvalue weighted by Crippen LogP contribution is 2.30. The SMILES string of the molecule is Cc1ccncc1-c1cccc2[nH]c(-c3cccnc3)nc12. The predicted molar refractivity (Wildman–Crippen MR) is 87.3 cm³/mol. The summed E-state index contributed by atoms with van der Waals surface area (Å²) < 4.78 is 0. The van der Waals surface area contributed by atoms with E-state index in [9.17, 15) is 0 Å². The molecule has 0 aliphatic carbocycles. The summed E-state index contributed by atoms with van der Waals surface area (Å²) in [6, 6.07) is 12.1. The largest absolute Gasteiger partial charge is 0.338 e. The number of pyridine rings is 2. The van der Waals surface area contributed by atoms with Gasteiger partial charge < -0.3 is 4.98 Å². The molecule has 0 radical (unpaired) electrons. The summed E-state index contributed by atoms with van der Waals surface area (Å²) in [4.78, 5) is 16.5. The van der Waals surface area contributed by atoms with E-state index in [1.165, 1.54) is 5.56 Å². The Kier molecular flexibility index (Phi) is 2.93. The van der Waals surface area contributed by atoms with Gasteiger partial charge in [0.25, 0.3) is 0 Å². The number of imidazole rings is 1. The van der Waals surface area contributed by atoms with E-state index >= 15 is 0 Å². The Hall–Kier alpha value is -3.01. The fourth-order valence-electron chi connectivity index (χ4n) is 2.64. The molecule has 0 saturated carbocycles. The zero-order valence-electron chi connectivity index (χ0n) is 12.1. The molecule has 0 fully saturated rings. The van der Waals surface area contributed by atoms with Crippen LogP contribution in [0.5, 0.6) is 0 Å². The molecule has 1 N–H and O–H groups in total. The monoisotopic (exact) mass is 286 g/mol. The average Bonchev–Trinajstić information content (AvgIpc) is 3.00. The van der Waals surface area contributed by atoms with Crippen LogP contribution in [0.25, 0.3) is 33.5 Å². The van der Waals surface area contributed by atoms with E-state index in [4.69, 9.17) is 4.98 Å². The van der Waals surface area contributed by atoms with Gasteiger partial charge in [-0.05, 0) is 36.8 Å². The van der Waals surface area contributed by atoms with Crippen molar-refractivity contribution < 1.29 is 0 Å². The molecule has 4 aromatic rings. The molecule has 1 aromatic carbocycles. The Labute approximate surface area is 127 Å². The number of aromatic nitrogens is 4. The summed E-state index contributed by atoms with van der Waals surface area (Å²) in [5.74, 6) is 0.831. The molecule has 3 heterocycles. The maximum Gasteiger partial charge on any atom is 0.140 e. The van der Waals surface area contributed by atoms with Crippen molar-refractivity contribution in [1.82, 2.24) is 19.9 Å². The number of aryl methyl sites for hydroxylation is 1. The van der Waals surface area contributed by atoms with Crippen LogP contribution >= 0.6 is 0 Å². The first-order chi connectivity index (χ1) is 10.8. The van der Waals surface area contributed by atoms with Gasteiger partial charge in [0, 0.05) is 41.5 Å². The maximum atomic E-state index is 4.78. The highest BCUT2D eigenvalue weighted by molar-refractivity contribution is 5.94. The number of nitrogens with zero attached hydrogens (tertiary/aromatic N) is 3. The van der Waals surface area contributed by atoms with E-state index in [1.807, 2.05) is 48.9 Å². The fraction of sp³-hybridized carbons (Fsp3) is 0.0556. The lowest BCUT2D eigenvalue weighted by molar-refractivity contribution is 1.27. The zero-order valence-corrected chi connectivity index (χ0v) is 12.1. The molecule has 0 saturated heterocycles. The summed E-state index contributed by atoms with van der Waals surface area (Å²) >= 11 is 0. The van der Waals surface area contributed by atoms with Crippen LogP contribution in [-0.4, -0.2) is 19.9 Å². The highest BCUT2D eigenvalue weighted by Gasteiger charge is 2.11. The van der Waals surface area contributed by atoms with Gasteiger partial charge in [0.1, 0.15) is 5.82 Å². The van der Waals surface area contributed by atoms with Gasteiger partial charge in [-0.1, -0.05) is 12.1 Å². The molecule has 22 heavy (non-hydrogen) atoms. The standard InChI is InChI=1S/C18H14N4/c1-12-7-9-20-11-15(12)14-5-2-6-16-17(14)22-18(21-16)13-4-3-8-19-10-13/h2-11H,1H3,(H,21,22). The smallest absolute Gasteiger partial charge is 0.140 e. The third-order valence-electron chi connectivity index (χ3n) is 3.78. The Balaban J connectivity index is 1.95. The first kappa shape index (κ1) is 12.7. The van der Waals surface area contributed by atoms with E-state index in [0.29, 0.717) is 0 Å². The zero-order chi connectivity index (χ0) is 14.9. The van der Waals surface area contributed by atoms with E-state index in [2.05, 4.69) is 27.9 Å². The van der Waals surface area contributed by atoms with E-state index in [-0.39, 0.29) is 0 Å². The van der Waals surface area contributed by atoms with Crippen molar-refractivity contribution in [3.05, 3.63) is 66.7 Å². The number of hydrogen-bond acceptors (Lipinski definition) is 3. The molecule has 3 aromatic heterocycles. The molecule has 0 amide bonds. The Morgan fingerprint density at radius 1 is 0.864 bits per heavy atom. The van der Waals surface area contributed by atoms with Gasteiger partial charge in [0.15, 0.2) is 0 Å². The van der Waals surface area contributed by atoms with Crippen molar-refractivity contribution >= 4 is 11.0 Å². The lowest BCUT2D eigenvalue weighted by atomic mass is 10.0. The van der Waals surface area contributed by atoms with Crippen molar-refractivity contribution in [2.24, 2.45) is 0 Å².